The predicted octanol–water partition coefficient (Wildman–Crippen LogP) is 2.48. The van der Waals surface area contributed by atoms with Crippen molar-refractivity contribution in [3.8, 4) is 0 Å². The van der Waals surface area contributed by atoms with E-state index in [-0.39, 0.29) is 11.6 Å². The highest BCUT2D eigenvalue weighted by molar-refractivity contribution is 5.82. The van der Waals surface area contributed by atoms with Crippen LogP contribution in [0, 0.1) is 22.5 Å². The molecule has 0 spiro atoms. The minimum atomic E-state index is -0.550. The summed E-state index contributed by atoms with van der Waals surface area (Å²) < 4.78 is 0. The summed E-state index contributed by atoms with van der Waals surface area (Å²) in [6.45, 7) is 8.32. The second kappa shape index (κ2) is 6.36. The van der Waals surface area contributed by atoms with E-state index in [4.69, 9.17) is 0 Å². The number of amides is 1. The smallest absolute Gasteiger partial charge is 0.272 e. The normalized spacial score (nSPS) is 11.0. The van der Waals surface area contributed by atoms with Crippen molar-refractivity contribution in [1.29, 1.82) is 0 Å². The Bertz CT molecular complexity index is 512. The van der Waals surface area contributed by atoms with E-state index in [1.165, 1.54) is 6.07 Å². The Morgan fingerprint density at radius 1 is 1.40 bits per heavy atom. The van der Waals surface area contributed by atoms with Crippen LogP contribution in [-0.2, 0) is 4.79 Å². The van der Waals surface area contributed by atoms with Gasteiger partial charge in [0.1, 0.15) is 0 Å². The third-order valence-electron chi connectivity index (χ3n) is 3.08. The quantitative estimate of drug-likeness (QED) is 0.619. The molecule has 1 aromatic rings. The van der Waals surface area contributed by atoms with Gasteiger partial charge in [0.15, 0.2) is 0 Å². The van der Waals surface area contributed by atoms with Gasteiger partial charge in [-0.05, 0) is 39.8 Å². The first-order valence-corrected chi connectivity index (χ1v) is 6.55. The fraction of sp³-hybridized carbons (Fsp3) is 0.500. The number of hydrogen-bond acceptors (Lipinski definition) is 4. The summed E-state index contributed by atoms with van der Waals surface area (Å²) in [7, 11) is 0. The van der Waals surface area contributed by atoms with Crippen molar-refractivity contribution < 1.29 is 9.72 Å². The summed E-state index contributed by atoms with van der Waals surface area (Å²) >= 11 is 0. The molecule has 0 atom stereocenters. The van der Waals surface area contributed by atoms with E-state index in [0.29, 0.717) is 18.7 Å². The van der Waals surface area contributed by atoms with Crippen LogP contribution in [0.5, 0.6) is 0 Å². The minimum absolute atomic E-state index is 0.0221. The lowest BCUT2D eigenvalue weighted by Gasteiger charge is -2.24. The molecule has 20 heavy (non-hydrogen) atoms. The van der Waals surface area contributed by atoms with E-state index in [9.17, 15) is 14.9 Å². The molecule has 0 saturated carbocycles. The van der Waals surface area contributed by atoms with Crippen LogP contribution in [-0.4, -0.2) is 23.9 Å². The highest BCUT2D eigenvalue weighted by Gasteiger charge is 2.26. The monoisotopic (exact) mass is 279 g/mol. The molecule has 0 fully saturated rings. The maximum atomic E-state index is 11.9. The van der Waals surface area contributed by atoms with Crippen molar-refractivity contribution in [3.05, 3.63) is 33.9 Å². The van der Waals surface area contributed by atoms with Crippen LogP contribution in [0.1, 0.15) is 26.3 Å². The molecule has 6 heteroatoms. The van der Waals surface area contributed by atoms with Gasteiger partial charge in [0, 0.05) is 30.4 Å². The Morgan fingerprint density at radius 3 is 2.55 bits per heavy atom. The summed E-state index contributed by atoms with van der Waals surface area (Å²) in [6, 6.07) is 4.83. The van der Waals surface area contributed by atoms with Crippen LogP contribution < -0.4 is 10.6 Å². The van der Waals surface area contributed by atoms with Crippen LogP contribution in [0.25, 0.3) is 0 Å². The first kappa shape index (κ1) is 15.9. The predicted molar refractivity (Wildman–Crippen MR) is 78.8 cm³/mol. The highest BCUT2D eigenvalue weighted by atomic mass is 16.6. The van der Waals surface area contributed by atoms with Crippen LogP contribution >= 0.6 is 0 Å². The lowest BCUT2D eigenvalue weighted by molar-refractivity contribution is -0.385. The number of benzene rings is 1. The van der Waals surface area contributed by atoms with Gasteiger partial charge in [-0.3, -0.25) is 14.9 Å². The van der Waals surface area contributed by atoms with Gasteiger partial charge in [0.2, 0.25) is 5.91 Å². The molecule has 0 aromatic heterocycles. The molecule has 0 aliphatic carbocycles. The number of nitrogens with zero attached hydrogens (tertiary/aromatic N) is 1. The Labute approximate surface area is 118 Å². The zero-order valence-corrected chi connectivity index (χ0v) is 12.3. The first-order valence-electron chi connectivity index (χ1n) is 6.55. The van der Waals surface area contributed by atoms with Crippen LogP contribution in [0.3, 0.4) is 0 Å². The Hall–Kier alpha value is -2.11. The van der Waals surface area contributed by atoms with Crippen LogP contribution in [0.4, 0.5) is 11.4 Å². The molecule has 2 N–H and O–H groups in total. The number of aryl methyl sites for hydroxylation is 1. The maximum absolute atomic E-state index is 11.9. The highest BCUT2D eigenvalue weighted by Crippen LogP contribution is 2.23. The topological polar surface area (TPSA) is 84.3 Å². The molecule has 1 rings (SSSR count). The summed E-state index contributed by atoms with van der Waals surface area (Å²) in [5.41, 5.74) is 0.908. The standard InChI is InChI=1S/C14H21N3O3/c1-5-15-13(18)14(3,4)9-16-11-6-7-12(17(19)20)10(2)8-11/h6-8,16H,5,9H2,1-4H3,(H,15,18). The lowest BCUT2D eigenvalue weighted by Crippen LogP contribution is -2.41. The number of anilines is 1. The third kappa shape index (κ3) is 3.94. The fourth-order valence-corrected chi connectivity index (χ4v) is 1.77. The molecule has 0 aliphatic rings. The summed E-state index contributed by atoms with van der Waals surface area (Å²) in [5.74, 6) is -0.0221. The molecular formula is C14H21N3O3. The number of nitro benzene ring substituents is 1. The second-order valence-corrected chi connectivity index (χ2v) is 5.36. The molecule has 0 saturated heterocycles. The molecule has 0 radical (unpaired) electrons. The second-order valence-electron chi connectivity index (χ2n) is 5.36. The summed E-state index contributed by atoms with van der Waals surface area (Å²) in [5, 5.41) is 16.7. The van der Waals surface area contributed by atoms with E-state index in [0.717, 1.165) is 5.69 Å². The number of carbonyl (C=O) groups excluding carboxylic acids is 1. The molecule has 110 valence electrons. The molecule has 0 heterocycles. The van der Waals surface area contributed by atoms with E-state index in [2.05, 4.69) is 10.6 Å². The SMILES string of the molecule is CCNC(=O)C(C)(C)CNc1ccc([N+](=O)[O-])c(C)c1. The maximum Gasteiger partial charge on any atom is 0.272 e. The van der Waals surface area contributed by atoms with Gasteiger partial charge in [-0.2, -0.15) is 0 Å². The van der Waals surface area contributed by atoms with Crippen molar-refractivity contribution in [2.75, 3.05) is 18.4 Å². The van der Waals surface area contributed by atoms with Crippen molar-refractivity contribution >= 4 is 17.3 Å². The summed E-state index contributed by atoms with van der Waals surface area (Å²) in [4.78, 5) is 22.2. The average molecular weight is 279 g/mol. The number of hydrogen-bond donors (Lipinski definition) is 2. The number of nitrogens with one attached hydrogen (secondary N) is 2. The van der Waals surface area contributed by atoms with Crippen molar-refractivity contribution in [2.24, 2.45) is 5.41 Å². The average Bonchev–Trinajstić information content (AvgIpc) is 2.36. The van der Waals surface area contributed by atoms with Gasteiger partial charge in [-0.25, -0.2) is 0 Å². The van der Waals surface area contributed by atoms with Crippen molar-refractivity contribution in [2.45, 2.75) is 27.7 Å². The number of nitro groups is 1. The Balaban J connectivity index is 2.73. The fourth-order valence-electron chi connectivity index (χ4n) is 1.77. The summed E-state index contributed by atoms with van der Waals surface area (Å²) in [6.07, 6.45) is 0. The van der Waals surface area contributed by atoms with E-state index in [1.54, 1.807) is 19.1 Å². The Kier molecular flexibility index (Phi) is 5.07. The van der Waals surface area contributed by atoms with Gasteiger partial charge < -0.3 is 10.6 Å². The molecule has 0 unspecified atom stereocenters. The van der Waals surface area contributed by atoms with Gasteiger partial charge in [-0.1, -0.05) is 0 Å². The third-order valence-corrected chi connectivity index (χ3v) is 3.08. The van der Waals surface area contributed by atoms with Gasteiger partial charge in [-0.15, -0.1) is 0 Å². The van der Waals surface area contributed by atoms with E-state index >= 15 is 0 Å². The van der Waals surface area contributed by atoms with Gasteiger partial charge >= 0.3 is 0 Å². The molecule has 1 amide bonds. The molecule has 1 aromatic carbocycles. The molecule has 0 aliphatic heterocycles. The van der Waals surface area contributed by atoms with Crippen LogP contribution in [0.2, 0.25) is 0 Å². The van der Waals surface area contributed by atoms with Crippen LogP contribution in [0.15, 0.2) is 18.2 Å². The van der Waals surface area contributed by atoms with E-state index < -0.39 is 10.3 Å². The lowest BCUT2D eigenvalue weighted by atomic mass is 9.92. The van der Waals surface area contributed by atoms with E-state index in [1.807, 2.05) is 20.8 Å². The van der Waals surface area contributed by atoms with Gasteiger partial charge in [0.05, 0.1) is 10.3 Å². The zero-order valence-electron chi connectivity index (χ0n) is 12.3. The number of carbonyl (C=O) groups is 1. The Morgan fingerprint density at radius 2 is 2.05 bits per heavy atom. The first-order chi connectivity index (χ1) is 9.27. The molecule has 6 nitrogen and oxygen atoms in total. The van der Waals surface area contributed by atoms with Gasteiger partial charge in [0.25, 0.3) is 5.69 Å². The van der Waals surface area contributed by atoms with Crippen molar-refractivity contribution in [1.82, 2.24) is 5.32 Å². The number of rotatable bonds is 6. The zero-order chi connectivity index (χ0) is 15.3. The minimum Gasteiger partial charge on any atom is -0.384 e. The largest absolute Gasteiger partial charge is 0.384 e. The molecular weight excluding hydrogens is 258 g/mol. The molecule has 0 bridgehead atoms. The van der Waals surface area contributed by atoms with Crippen molar-refractivity contribution in [3.63, 3.8) is 0 Å².